The van der Waals surface area contributed by atoms with Crippen LogP contribution in [-0.4, -0.2) is 32.0 Å². The van der Waals surface area contributed by atoms with E-state index in [-0.39, 0.29) is 24.9 Å². The number of methoxy groups -OCH3 is 1. The monoisotopic (exact) mass is 325 g/mol. The highest BCUT2D eigenvalue weighted by atomic mass is 16.5. The predicted molar refractivity (Wildman–Crippen MR) is 92.1 cm³/mol. The molecule has 0 bridgehead atoms. The van der Waals surface area contributed by atoms with Crippen molar-refractivity contribution in [1.82, 2.24) is 5.32 Å². The fourth-order valence-corrected chi connectivity index (χ4v) is 2.66. The van der Waals surface area contributed by atoms with Gasteiger partial charge in [0.1, 0.15) is 5.75 Å². The molecule has 3 rings (SSSR count). The van der Waals surface area contributed by atoms with Gasteiger partial charge in [-0.3, -0.25) is 9.59 Å². The molecule has 0 saturated carbocycles. The Morgan fingerprint density at radius 1 is 1.25 bits per heavy atom. The molecule has 124 valence electrons. The summed E-state index contributed by atoms with van der Waals surface area (Å²) in [6.07, 6.45) is 0. The number of benzene rings is 2. The number of fused-ring (bicyclic) bond motifs is 1. The Morgan fingerprint density at radius 3 is 2.92 bits per heavy atom. The maximum absolute atomic E-state index is 12.2. The summed E-state index contributed by atoms with van der Waals surface area (Å²) in [6.45, 7) is 0.718. The number of hydrogen-bond donors (Lipinski definition) is 2. The third-order valence-corrected chi connectivity index (χ3v) is 3.81. The lowest BCUT2D eigenvalue weighted by atomic mass is 10.2. The van der Waals surface area contributed by atoms with Gasteiger partial charge in [-0.1, -0.05) is 24.3 Å². The van der Waals surface area contributed by atoms with E-state index >= 15 is 0 Å². The zero-order valence-corrected chi connectivity index (χ0v) is 13.4. The van der Waals surface area contributed by atoms with Gasteiger partial charge in [-0.05, 0) is 29.8 Å². The van der Waals surface area contributed by atoms with Crippen LogP contribution >= 0.6 is 0 Å². The molecule has 1 aliphatic rings. The number of ether oxygens (including phenoxy) is 1. The van der Waals surface area contributed by atoms with Crippen molar-refractivity contribution in [2.75, 3.05) is 30.4 Å². The number of rotatable bonds is 5. The minimum Gasteiger partial charge on any atom is -0.497 e. The average Bonchev–Trinajstić information content (AvgIpc) is 2.60. The molecule has 0 atom stereocenters. The van der Waals surface area contributed by atoms with Crippen LogP contribution in [0.3, 0.4) is 0 Å². The Morgan fingerprint density at radius 2 is 2.08 bits per heavy atom. The topological polar surface area (TPSA) is 70.7 Å². The Hall–Kier alpha value is -3.02. The molecule has 2 aromatic carbocycles. The molecule has 0 saturated heterocycles. The van der Waals surface area contributed by atoms with Crippen LogP contribution in [-0.2, 0) is 16.1 Å². The van der Waals surface area contributed by atoms with Crippen molar-refractivity contribution in [2.24, 2.45) is 0 Å². The van der Waals surface area contributed by atoms with Gasteiger partial charge in [0.15, 0.2) is 0 Å². The summed E-state index contributed by atoms with van der Waals surface area (Å²) in [4.78, 5) is 25.8. The van der Waals surface area contributed by atoms with E-state index in [9.17, 15) is 9.59 Å². The van der Waals surface area contributed by atoms with E-state index < -0.39 is 0 Å². The summed E-state index contributed by atoms with van der Waals surface area (Å²) in [7, 11) is 1.61. The van der Waals surface area contributed by atoms with Crippen molar-refractivity contribution < 1.29 is 14.3 Å². The van der Waals surface area contributed by atoms with E-state index in [0.29, 0.717) is 6.54 Å². The van der Waals surface area contributed by atoms with E-state index in [0.717, 1.165) is 22.7 Å². The smallest absolute Gasteiger partial charge is 0.243 e. The Kier molecular flexibility index (Phi) is 4.65. The standard InChI is InChI=1S/C18H19N3O3/c1-24-14-6-4-5-13(9-14)10-19-17(22)11-21-12-18(23)20-15-7-2-3-8-16(15)21/h2-9H,10-12H2,1H3,(H,19,22)(H,20,23). The van der Waals surface area contributed by atoms with Gasteiger partial charge in [-0.25, -0.2) is 0 Å². The van der Waals surface area contributed by atoms with Crippen molar-refractivity contribution in [1.29, 1.82) is 0 Å². The van der Waals surface area contributed by atoms with Gasteiger partial charge in [-0.2, -0.15) is 0 Å². The number of amides is 2. The number of carbonyl (C=O) groups is 2. The molecule has 24 heavy (non-hydrogen) atoms. The largest absolute Gasteiger partial charge is 0.497 e. The van der Waals surface area contributed by atoms with Crippen LogP contribution < -0.4 is 20.3 Å². The molecule has 0 fully saturated rings. The van der Waals surface area contributed by atoms with Crippen molar-refractivity contribution in [3.8, 4) is 5.75 Å². The van der Waals surface area contributed by atoms with Gasteiger partial charge in [0.2, 0.25) is 11.8 Å². The van der Waals surface area contributed by atoms with Crippen molar-refractivity contribution in [3.05, 3.63) is 54.1 Å². The second kappa shape index (κ2) is 7.04. The van der Waals surface area contributed by atoms with E-state index in [1.807, 2.05) is 48.5 Å². The first kappa shape index (κ1) is 15.9. The number of carbonyl (C=O) groups excluding carboxylic acids is 2. The fraction of sp³-hybridized carbons (Fsp3) is 0.222. The molecule has 1 heterocycles. The van der Waals surface area contributed by atoms with E-state index in [2.05, 4.69) is 10.6 Å². The summed E-state index contributed by atoms with van der Waals surface area (Å²) in [5, 5.41) is 5.68. The third kappa shape index (κ3) is 3.65. The van der Waals surface area contributed by atoms with Crippen LogP contribution in [0.4, 0.5) is 11.4 Å². The number of nitrogens with one attached hydrogen (secondary N) is 2. The van der Waals surface area contributed by atoms with E-state index in [1.165, 1.54) is 0 Å². The normalized spacial score (nSPS) is 13.0. The first-order chi connectivity index (χ1) is 11.7. The summed E-state index contributed by atoms with van der Waals surface area (Å²) in [6, 6.07) is 15.0. The van der Waals surface area contributed by atoms with Gasteiger partial charge in [0.05, 0.1) is 31.6 Å². The second-order valence-corrected chi connectivity index (χ2v) is 5.55. The van der Waals surface area contributed by atoms with Crippen LogP contribution in [0.5, 0.6) is 5.75 Å². The number of hydrogen-bond acceptors (Lipinski definition) is 4. The van der Waals surface area contributed by atoms with E-state index in [1.54, 1.807) is 12.0 Å². The Bertz CT molecular complexity index is 761. The summed E-state index contributed by atoms with van der Waals surface area (Å²) < 4.78 is 5.17. The molecule has 1 aliphatic heterocycles. The molecule has 2 amide bonds. The highest BCUT2D eigenvalue weighted by molar-refractivity contribution is 6.02. The first-order valence-corrected chi connectivity index (χ1v) is 7.69. The molecule has 6 nitrogen and oxygen atoms in total. The van der Waals surface area contributed by atoms with Crippen LogP contribution in [0.15, 0.2) is 48.5 Å². The highest BCUT2D eigenvalue weighted by Gasteiger charge is 2.23. The van der Waals surface area contributed by atoms with E-state index in [4.69, 9.17) is 4.74 Å². The van der Waals surface area contributed by atoms with Gasteiger partial charge in [0.25, 0.3) is 0 Å². The van der Waals surface area contributed by atoms with Crippen molar-refractivity contribution in [2.45, 2.75) is 6.54 Å². The summed E-state index contributed by atoms with van der Waals surface area (Å²) in [5.41, 5.74) is 2.54. The van der Waals surface area contributed by atoms with Gasteiger partial charge >= 0.3 is 0 Å². The summed E-state index contributed by atoms with van der Waals surface area (Å²) in [5.74, 6) is 0.500. The molecule has 0 unspecified atom stereocenters. The lowest BCUT2D eigenvalue weighted by Crippen LogP contribution is -2.44. The highest BCUT2D eigenvalue weighted by Crippen LogP contribution is 2.28. The molecule has 0 aliphatic carbocycles. The Balaban J connectivity index is 1.62. The molecule has 0 radical (unpaired) electrons. The number of nitrogens with zero attached hydrogens (tertiary/aromatic N) is 1. The molecule has 2 N–H and O–H groups in total. The van der Waals surface area contributed by atoms with Gasteiger partial charge in [0, 0.05) is 6.54 Å². The second-order valence-electron chi connectivity index (χ2n) is 5.55. The van der Waals surface area contributed by atoms with Crippen LogP contribution in [0.2, 0.25) is 0 Å². The third-order valence-electron chi connectivity index (χ3n) is 3.81. The van der Waals surface area contributed by atoms with Crippen LogP contribution in [0.1, 0.15) is 5.56 Å². The summed E-state index contributed by atoms with van der Waals surface area (Å²) >= 11 is 0. The molecule has 0 spiro atoms. The predicted octanol–water partition coefficient (Wildman–Crippen LogP) is 1.77. The van der Waals surface area contributed by atoms with Gasteiger partial charge < -0.3 is 20.3 Å². The number of anilines is 2. The zero-order chi connectivity index (χ0) is 16.9. The maximum Gasteiger partial charge on any atom is 0.243 e. The molecular weight excluding hydrogens is 306 g/mol. The zero-order valence-electron chi connectivity index (χ0n) is 13.4. The molecule has 6 heteroatoms. The number of para-hydroxylation sites is 2. The average molecular weight is 325 g/mol. The van der Waals surface area contributed by atoms with Crippen LogP contribution in [0.25, 0.3) is 0 Å². The van der Waals surface area contributed by atoms with Crippen molar-refractivity contribution in [3.63, 3.8) is 0 Å². The minimum absolute atomic E-state index is 0.116. The minimum atomic E-state index is -0.137. The molecule has 2 aromatic rings. The molecular formula is C18H19N3O3. The van der Waals surface area contributed by atoms with Gasteiger partial charge in [-0.15, -0.1) is 0 Å². The lowest BCUT2D eigenvalue weighted by molar-refractivity contribution is -0.120. The van der Waals surface area contributed by atoms with Crippen LogP contribution in [0, 0.1) is 0 Å². The SMILES string of the molecule is COc1cccc(CNC(=O)CN2CC(=O)Nc3ccccc32)c1. The first-order valence-electron chi connectivity index (χ1n) is 7.69. The lowest BCUT2D eigenvalue weighted by Gasteiger charge is -2.30. The van der Waals surface area contributed by atoms with Crippen molar-refractivity contribution >= 4 is 23.2 Å². The Labute approximate surface area is 140 Å². The quantitative estimate of drug-likeness (QED) is 0.879. The molecule has 0 aromatic heterocycles. The fourth-order valence-electron chi connectivity index (χ4n) is 2.66. The maximum atomic E-state index is 12.2.